The number of nitrogens with one attached hydrogen (secondary N) is 4. The van der Waals surface area contributed by atoms with Crippen LogP contribution in [0.1, 0.15) is 70.4 Å². The second kappa shape index (κ2) is 21.8. The topological polar surface area (TPSA) is 264 Å². The van der Waals surface area contributed by atoms with Crippen LogP contribution >= 0.6 is 11.3 Å². The lowest BCUT2D eigenvalue weighted by Crippen LogP contribution is -2.58. The summed E-state index contributed by atoms with van der Waals surface area (Å²) in [5.41, 5.74) is 14.2. The van der Waals surface area contributed by atoms with Crippen LogP contribution in [0.15, 0.2) is 48.1 Å². The number of piperazine rings is 1. The van der Waals surface area contributed by atoms with Crippen molar-refractivity contribution in [2.45, 2.75) is 71.7 Å². The lowest BCUT2D eigenvalue weighted by Gasteiger charge is -2.35. The summed E-state index contributed by atoms with van der Waals surface area (Å²) in [5, 5.41) is 26.9. The van der Waals surface area contributed by atoms with E-state index < -0.39 is 59.7 Å². The van der Waals surface area contributed by atoms with Gasteiger partial charge in [0.2, 0.25) is 23.7 Å². The van der Waals surface area contributed by atoms with Gasteiger partial charge in [-0.2, -0.15) is 5.10 Å². The van der Waals surface area contributed by atoms with Crippen molar-refractivity contribution in [1.29, 1.82) is 0 Å². The molecule has 2 aliphatic heterocycles. The molecule has 0 spiro atoms. The molecule has 2 fully saturated rings. The Morgan fingerprint density at radius 1 is 1.00 bits per heavy atom. The van der Waals surface area contributed by atoms with Crippen molar-refractivity contribution in [3.05, 3.63) is 81.7 Å². The number of aliphatic hydroxyl groups excluding tert-OH is 1. The minimum atomic E-state index is -1.05. The molecule has 21 nitrogen and oxygen atoms in total. The number of nitrogens with two attached hydrogens (primary N) is 1. The van der Waals surface area contributed by atoms with E-state index >= 15 is 0 Å². The number of β-amino-alcohol motifs (C(OH)–C–C–N with tert-alkyl or cyclic N) is 1. The van der Waals surface area contributed by atoms with Crippen LogP contribution in [0.3, 0.4) is 0 Å². The molecular weight excluding hydrogens is 943 g/mol. The van der Waals surface area contributed by atoms with E-state index in [4.69, 9.17) is 20.2 Å². The molecule has 0 bridgehead atoms. The largest absolute Gasteiger partial charge is 0.494 e. The van der Waals surface area contributed by atoms with Gasteiger partial charge in [0.05, 0.1) is 58.5 Å². The van der Waals surface area contributed by atoms with Crippen LogP contribution < -0.4 is 36.6 Å². The highest BCUT2D eigenvalue weighted by molar-refractivity contribution is 7.13. The molecule has 3 aromatic heterocycles. The second-order valence-electron chi connectivity index (χ2n) is 19.5. The molecule has 5 amide bonds. The number of hydrogen-bond donors (Lipinski definition) is 6. The van der Waals surface area contributed by atoms with Gasteiger partial charge in [-0.3, -0.25) is 28.7 Å². The first-order valence-electron chi connectivity index (χ1n) is 24.0. The standard InChI is InChI=1S/C50H63N13O8S/c1-28-43(72-27-55-28)30-10-8-29(9-11-30)23-53-47(68)37-22-33(64)25-63(37)48(69)44(50(2,3)4)57-38(65)26-71-19-14-52-46(67)35-20-32(62-17-15-60(5)16-18-62)21-36(42(35)70-7)56-49-54-24-31-12-13-34-40(45(51)66)59-61(6)41(34)39(31)58-49/h8-11,20-21,24,27,33,37,44,64H,12-19,22-23,25-26H2,1-7H3,(H2,51,66)(H,52,67)(H,53,68)(H,57,65)(H,54,56,58)/t33-,37+,44?/m1/s1. The summed E-state index contributed by atoms with van der Waals surface area (Å²) < 4.78 is 13.2. The summed E-state index contributed by atoms with van der Waals surface area (Å²) in [6, 6.07) is 9.51. The predicted molar refractivity (Wildman–Crippen MR) is 271 cm³/mol. The number of carbonyl (C=O) groups excluding carboxylic acids is 5. The number of thiazole rings is 1. The Bertz CT molecular complexity index is 2840. The highest BCUT2D eigenvalue weighted by Gasteiger charge is 2.44. The summed E-state index contributed by atoms with van der Waals surface area (Å²) in [6.45, 7) is 10.2. The van der Waals surface area contributed by atoms with Crippen molar-refractivity contribution >= 4 is 58.2 Å². The van der Waals surface area contributed by atoms with Gasteiger partial charge in [-0.05, 0) is 61.1 Å². The first-order valence-corrected chi connectivity index (χ1v) is 24.8. The number of fused-ring (bicyclic) bond motifs is 3. The number of benzene rings is 2. The molecule has 5 aromatic rings. The maximum Gasteiger partial charge on any atom is 0.269 e. The lowest BCUT2D eigenvalue weighted by molar-refractivity contribution is -0.144. The van der Waals surface area contributed by atoms with Crippen LogP contribution in [0, 0.1) is 12.3 Å². The number of anilines is 3. The van der Waals surface area contributed by atoms with Gasteiger partial charge in [0, 0.05) is 76.7 Å². The van der Waals surface area contributed by atoms with E-state index in [0.717, 1.165) is 64.7 Å². The lowest BCUT2D eigenvalue weighted by atomic mass is 9.85. The Labute approximate surface area is 421 Å². The Balaban J connectivity index is 0.886. The number of rotatable bonds is 17. The number of nitrogens with zero attached hydrogens (tertiary/aromatic N) is 8. The maximum absolute atomic E-state index is 14.2. The van der Waals surface area contributed by atoms with Crippen LogP contribution in [0.2, 0.25) is 0 Å². The van der Waals surface area contributed by atoms with Crippen molar-refractivity contribution in [2.24, 2.45) is 18.2 Å². The van der Waals surface area contributed by atoms with Crippen LogP contribution in [0.5, 0.6) is 5.75 Å². The number of methoxy groups -OCH3 is 1. The fraction of sp³-hybridized carbons (Fsp3) is 0.460. The van der Waals surface area contributed by atoms with Gasteiger partial charge < -0.3 is 56.3 Å². The molecule has 2 aromatic carbocycles. The van der Waals surface area contributed by atoms with Crippen LogP contribution in [-0.4, -0.2) is 154 Å². The number of likely N-dealkylation sites (tertiary alicyclic amines) is 1. The normalized spacial score (nSPS) is 17.2. The first kappa shape index (κ1) is 51.3. The molecule has 22 heteroatoms. The average Bonchev–Trinajstić information content (AvgIpc) is 4.07. The number of aryl methyl sites for hydroxylation is 3. The molecule has 382 valence electrons. The van der Waals surface area contributed by atoms with Gasteiger partial charge in [0.25, 0.3) is 11.8 Å². The van der Waals surface area contributed by atoms with E-state index in [-0.39, 0.29) is 55.6 Å². The van der Waals surface area contributed by atoms with E-state index in [1.54, 1.807) is 61.6 Å². The molecule has 72 heavy (non-hydrogen) atoms. The van der Waals surface area contributed by atoms with E-state index in [1.807, 2.05) is 37.3 Å². The summed E-state index contributed by atoms with van der Waals surface area (Å²) in [6.07, 6.45) is 2.05. The van der Waals surface area contributed by atoms with Crippen molar-refractivity contribution in [3.63, 3.8) is 0 Å². The summed E-state index contributed by atoms with van der Waals surface area (Å²) in [4.78, 5) is 87.9. The van der Waals surface area contributed by atoms with E-state index in [1.165, 1.54) is 12.0 Å². The predicted octanol–water partition coefficient (Wildman–Crippen LogP) is 2.57. The SMILES string of the molecule is COc1c(Nc2ncc3c(n2)-c2c(c(C(N)=O)nn2C)CC3)cc(N2CCN(C)CC2)cc1C(=O)NCCOCC(=O)NC(C(=O)N1C[C@H](O)C[C@H]1C(=O)NCc1ccc(-c2scnc2C)cc1)C(C)(C)C. The van der Waals surface area contributed by atoms with Crippen molar-refractivity contribution in [1.82, 2.24) is 50.5 Å². The zero-order valence-corrected chi connectivity index (χ0v) is 42.5. The van der Waals surface area contributed by atoms with Crippen molar-refractivity contribution < 1.29 is 38.6 Å². The number of amides is 5. The van der Waals surface area contributed by atoms with Crippen molar-refractivity contribution in [3.8, 4) is 27.6 Å². The van der Waals surface area contributed by atoms with Gasteiger partial charge in [-0.1, -0.05) is 45.0 Å². The minimum absolute atomic E-state index is 0.0328. The van der Waals surface area contributed by atoms with Crippen LogP contribution in [-0.2, 0) is 45.6 Å². The number of carbonyl (C=O) groups is 5. The number of aromatic nitrogens is 5. The molecule has 1 unspecified atom stereocenters. The monoisotopic (exact) mass is 1010 g/mol. The molecule has 1 aliphatic carbocycles. The molecule has 5 heterocycles. The van der Waals surface area contributed by atoms with Crippen molar-refractivity contribution in [2.75, 3.05) is 76.9 Å². The molecule has 7 N–H and O–H groups in total. The molecule has 2 saturated heterocycles. The van der Waals surface area contributed by atoms with Crippen LogP contribution in [0.4, 0.5) is 17.3 Å². The maximum atomic E-state index is 14.2. The molecule has 3 atom stereocenters. The molecular formula is C50H63N13O8S. The number of likely N-dealkylation sites (N-methyl/N-ethyl adjacent to an activating group) is 1. The van der Waals surface area contributed by atoms with E-state index in [0.29, 0.717) is 29.9 Å². The highest BCUT2D eigenvalue weighted by Crippen LogP contribution is 2.38. The third kappa shape index (κ3) is 11.4. The first-order chi connectivity index (χ1) is 34.4. The minimum Gasteiger partial charge on any atom is -0.494 e. The summed E-state index contributed by atoms with van der Waals surface area (Å²) in [5.74, 6) is -2.03. The van der Waals surface area contributed by atoms with Gasteiger partial charge >= 0.3 is 0 Å². The molecule has 0 saturated carbocycles. The summed E-state index contributed by atoms with van der Waals surface area (Å²) in [7, 11) is 5.27. The number of hydrogen-bond acceptors (Lipinski definition) is 16. The fourth-order valence-electron chi connectivity index (χ4n) is 9.36. The van der Waals surface area contributed by atoms with Gasteiger partial charge in [0.15, 0.2) is 11.4 Å². The smallest absolute Gasteiger partial charge is 0.269 e. The fourth-order valence-corrected chi connectivity index (χ4v) is 10.2. The van der Waals surface area contributed by atoms with E-state index in [2.05, 4.69) is 53.2 Å². The van der Waals surface area contributed by atoms with E-state index in [9.17, 15) is 29.1 Å². The van der Waals surface area contributed by atoms with Gasteiger partial charge in [-0.25, -0.2) is 15.0 Å². The Morgan fingerprint density at radius 3 is 2.43 bits per heavy atom. The quantitative estimate of drug-likeness (QED) is 0.0732. The Hall–Kier alpha value is -7.01. The molecule has 3 aliphatic rings. The number of primary amides is 1. The average molecular weight is 1010 g/mol. The summed E-state index contributed by atoms with van der Waals surface area (Å²) >= 11 is 1.56. The van der Waals surface area contributed by atoms with Gasteiger partial charge in [0.1, 0.15) is 18.7 Å². The number of aliphatic hydroxyl groups is 1. The van der Waals surface area contributed by atoms with Crippen LogP contribution in [0.25, 0.3) is 21.8 Å². The van der Waals surface area contributed by atoms with Gasteiger partial charge in [-0.15, -0.1) is 11.3 Å². The second-order valence-corrected chi connectivity index (χ2v) is 20.3. The third-order valence-electron chi connectivity index (χ3n) is 13.2. The highest BCUT2D eigenvalue weighted by atomic mass is 32.1. The zero-order chi connectivity index (χ0) is 51.4. The Morgan fingerprint density at radius 2 is 1.75 bits per heavy atom. The third-order valence-corrected chi connectivity index (χ3v) is 14.2. The zero-order valence-electron chi connectivity index (χ0n) is 41.7. The molecule has 0 radical (unpaired) electrons. The Kier molecular flexibility index (Phi) is 15.5. The number of ether oxygens (including phenoxy) is 2. The molecule has 8 rings (SSSR count).